The molecule has 2 aliphatic rings. The summed E-state index contributed by atoms with van der Waals surface area (Å²) in [6, 6.07) is 0. The van der Waals surface area contributed by atoms with Crippen LogP contribution in [0.15, 0.2) is 0 Å². The molecule has 2 amide bonds. The number of fused-ring (bicyclic) bond motifs is 1. The Bertz CT molecular complexity index is 292. The highest BCUT2D eigenvalue weighted by atomic mass is 16.2. The third-order valence-corrected chi connectivity index (χ3v) is 3.86. The van der Waals surface area contributed by atoms with Crippen molar-refractivity contribution in [1.82, 2.24) is 4.90 Å². The molecule has 0 aromatic carbocycles. The first-order chi connectivity index (χ1) is 7.54. The summed E-state index contributed by atoms with van der Waals surface area (Å²) in [5, 5.41) is 0. The van der Waals surface area contributed by atoms with E-state index in [0.29, 0.717) is 19.0 Å². The van der Waals surface area contributed by atoms with Crippen molar-refractivity contribution in [1.29, 1.82) is 0 Å². The van der Waals surface area contributed by atoms with E-state index in [1.54, 1.807) is 0 Å². The zero-order valence-corrected chi connectivity index (χ0v) is 9.98. The molecule has 1 saturated heterocycles. The molecule has 0 bridgehead atoms. The van der Waals surface area contributed by atoms with E-state index in [1.165, 1.54) is 4.90 Å². The number of nitrogens with two attached hydrogens (primary N) is 1. The van der Waals surface area contributed by atoms with Gasteiger partial charge in [0.1, 0.15) is 0 Å². The molecule has 2 fully saturated rings. The topological polar surface area (TPSA) is 63.4 Å². The van der Waals surface area contributed by atoms with Crippen molar-refractivity contribution in [2.75, 3.05) is 13.1 Å². The molecule has 4 nitrogen and oxygen atoms in total. The number of likely N-dealkylation sites (tertiary alicyclic amines) is 1. The molecular formula is C12H20N2O2. The number of amides is 2. The first-order valence-electron chi connectivity index (χ1n) is 6.09. The van der Waals surface area contributed by atoms with Gasteiger partial charge in [-0.1, -0.05) is 13.8 Å². The minimum Gasteiger partial charge on any atom is -0.330 e. The first kappa shape index (κ1) is 11.6. The number of carbonyl (C=O) groups excluding carboxylic acids is 2. The second kappa shape index (κ2) is 4.17. The zero-order valence-electron chi connectivity index (χ0n) is 9.98. The van der Waals surface area contributed by atoms with E-state index in [9.17, 15) is 9.59 Å². The molecule has 2 N–H and O–H groups in total. The van der Waals surface area contributed by atoms with Gasteiger partial charge in [-0.25, -0.2) is 0 Å². The van der Waals surface area contributed by atoms with Crippen LogP contribution in [0.2, 0.25) is 0 Å². The predicted octanol–water partition coefficient (Wildman–Crippen LogP) is 0.612. The number of hydrogen-bond donors (Lipinski definition) is 1. The molecule has 3 atom stereocenters. The van der Waals surface area contributed by atoms with E-state index < -0.39 is 0 Å². The van der Waals surface area contributed by atoms with Gasteiger partial charge in [-0.2, -0.15) is 0 Å². The van der Waals surface area contributed by atoms with Crippen molar-refractivity contribution in [2.24, 2.45) is 29.4 Å². The Morgan fingerprint density at radius 2 is 1.81 bits per heavy atom. The van der Waals surface area contributed by atoms with Crippen molar-refractivity contribution in [2.45, 2.75) is 26.7 Å². The van der Waals surface area contributed by atoms with Crippen LogP contribution in [0.5, 0.6) is 0 Å². The van der Waals surface area contributed by atoms with Crippen molar-refractivity contribution in [3.63, 3.8) is 0 Å². The van der Waals surface area contributed by atoms with Gasteiger partial charge in [-0.15, -0.1) is 0 Å². The van der Waals surface area contributed by atoms with Crippen molar-refractivity contribution < 1.29 is 9.59 Å². The summed E-state index contributed by atoms with van der Waals surface area (Å²) in [5.74, 6) is 0.723. The molecule has 0 aromatic rings. The normalized spacial score (nSPS) is 35.7. The van der Waals surface area contributed by atoms with Crippen molar-refractivity contribution in [3.05, 3.63) is 0 Å². The quantitative estimate of drug-likeness (QED) is 0.714. The fourth-order valence-corrected chi connectivity index (χ4v) is 2.91. The molecule has 1 saturated carbocycles. The summed E-state index contributed by atoms with van der Waals surface area (Å²) in [6.07, 6.45) is 1.76. The zero-order chi connectivity index (χ0) is 11.9. The van der Waals surface area contributed by atoms with Crippen molar-refractivity contribution in [3.8, 4) is 0 Å². The smallest absolute Gasteiger partial charge is 0.233 e. The lowest BCUT2D eigenvalue weighted by atomic mass is 10.00. The standard InChI is InChI=1S/C12H20N2O2/c1-7-3-9-10(4-7)12(16)14(11(9)15)6-8(2)5-13/h7-10H,3-6,13H2,1-2H3. The fourth-order valence-electron chi connectivity index (χ4n) is 2.91. The Morgan fingerprint density at radius 1 is 1.31 bits per heavy atom. The molecule has 0 spiro atoms. The number of nitrogens with zero attached hydrogens (tertiary/aromatic N) is 1. The number of rotatable bonds is 3. The molecule has 1 aliphatic heterocycles. The van der Waals surface area contributed by atoms with Gasteiger partial charge in [0.05, 0.1) is 11.8 Å². The third kappa shape index (κ3) is 1.75. The van der Waals surface area contributed by atoms with Crippen molar-refractivity contribution >= 4 is 11.8 Å². The van der Waals surface area contributed by atoms with Gasteiger partial charge >= 0.3 is 0 Å². The third-order valence-electron chi connectivity index (χ3n) is 3.86. The molecule has 16 heavy (non-hydrogen) atoms. The predicted molar refractivity (Wildman–Crippen MR) is 60.3 cm³/mol. The van der Waals surface area contributed by atoms with Crippen LogP contribution in [-0.4, -0.2) is 29.8 Å². The van der Waals surface area contributed by atoms with Crippen LogP contribution in [0.25, 0.3) is 0 Å². The molecule has 1 aliphatic carbocycles. The molecule has 4 heteroatoms. The van der Waals surface area contributed by atoms with E-state index in [4.69, 9.17) is 5.73 Å². The monoisotopic (exact) mass is 224 g/mol. The Morgan fingerprint density at radius 3 is 2.25 bits per heavy atom. The maximum Gasteiger partial charge on any atom is 0.233 e. The fraction of sp³-hybridized carbons (Fsp3) is 0.833. The molecule has 0 aromatic heterocycles. The average molecular weight is 224 g/mol. The van der Waals surface area contributed by atoms with Crippen LogP contribution < -0.4 is 5.73 Å². The molecular weight excluding hydrogens is 204 g/mol. The highest BCUT2D eigenvalue weighted by molar-refractivity contribution is 6.05. The van der Waals surface area contributed by atoms with E-state index in [1.807, 2.05) is 6.92 Å². The molecule has 90 valence electrons. The lowest BCUT2D eigenvalue weighted by molar-refractivity contribution is -0.141. The Labute approximate surface area is 96.2 Å². The van der Waals surface area contributed by atoms with Crippen LogP contribution in [0.3, 0.4) is 0 Å². The highest BCUT2D eigenvalue weighted by Gasteiger charge is 2.51. The number of hydrogen-bond acceptors (Lipinski definition) is 3. The van der Waals surface area contributed by atoms with Crippen LogP contribution in [0.1, 0.15) is 26.7 Å². The summed E-state index contributed by atoms with van der Waals surface area (Å²) >= 11 is 0. The molecule has 3 unspecified atom stereocenters. The summed E-state index contributed by atoms with van der Waals surface area (Å²) in [6.45, 7) is 5.10. The molecule has 0 radical (unpaired) electrons. The Balaban J connectivity index is 2.08. The van der Waals surface area contributed by atoms with Crippen LogP contribution >= 0.6 is 0 Å². The van der Waals surface area contributed by atoms with Crippen LogP contribution in [0.4, 0.5) is 0 Å². The summed E-state index contributed by atoms with van der Waals surface area (Å²) in [7, 11) is 0. The van der Waals surface area contributed by atoms with Gasteiger partial charge < -0.3 is 5.73 Å². The van der Waals surface area contributed by atoms with Gasteiger partial charge in [0.25, 0.3) is 0 Å². The summed E-state index contributed by atoms with van der Waals surface area (Å²) in [5.41, 5.74) is 5.53. The summed E-state index contributed by atoms with van der Waals surface area (Å²) < 4.78 is 0. The van der Waals surface area contributed by atoms with Gasteiger partial charge in [0.2, 0.25) is 11.8 Å². The number of imide groups is 1. The lowest BCUT2D eigenvalue weighted by Gasteiger charge is -2.20. The molecule has 2 rings (SSSR count). The van der Waals surface area contributed by atoms with E-state index in [0.717, 1.165) is 12.8 Å². The summed E-state index contributed by atoms with van der Waals surface area (Å²) in [4.78, 5) is 25.6. The second-order valence-corrected chi connectivity index (χ2v) is 5.42. The second-order valence-electron chi connectivity index (χ2n) is 5.42. The lowest BCUT2D eigenvalue weighted by Crippen LogP contribution is -2.37. The van der Waals surface area contributed by atoms with Crippen LogP contribution in [-0.2, 0) is 9.59 Å². The first-order valence-corrected chi connectivity index (χ1v) is 6.09. The van der Waals surface area contributed by atoms with E-state index in [-0.39, 0.29) is 29.6 Å². The maximum absolute atomic E-state index is 12.1. The minimum atomic E-state index is -0.0347. The average Bonchev–Trinajstić information content (AvgIpc) is 2.73. The highest BCUT2D eigenvalue weighted by Crippen LogP contribution is 2.42. The maximum atomic E-state index is 12.1. The van der Waals surface area contributed by atoms with Gasteiger partial charge in [-0.3, -0.25) is 14.5 Å². The molecule has 1 heterocycles. The van der Waals surface area contributed by atoms with Gasteiger partial charge in [0, 0.05) is 6.54 Å². The Hall–Kier alpha value is -0.900. The SMILES string of the molecule is CC1CC2C(=O)N(CC(C)CN)C(=O)C2C1. The van der Waals surface area contributed by atoms with E-state index >= 15 is 0 Å². The Kier molecular flexibility index (Phi) is 3.02. The largest absolute Gasteiger partial charge is 0.330 e. The van der Waals surface area contributed by atoms with E-state index in [2.05, 4.69) is 6.92 Å². The van der Waals surface area contributed by atoms with Crippen LogP contribution in [0, 0.1) is 23.7 Å². The number of carbonyl (C=O) groups is 2. The van der Waals surface area contributed by atoms with Gasteiger partial charge in [0.15, 0.2) is 0 Å². The minimum absolute atomic E-state index is 0.0347. The van der Waals surface area contributed by atoms with Gasteiger partial charge in [-0.05, 0) is 31.2 Å².